The fourth-order valence-corrected chi connectivity index (χ4v) is 36.5. The van der Waals surface area contributed by atoms with Gasteiger partial charge in [-0.2, -0.15) is 0 Å². The number of para-hydroxylation sites is 4. The number of hydrogen-bond acceptors (Lipinski definition) is 2. The van der Waals surface area contributed by atoms with E-state index >= 15 is 0 Å². The summed E-state index contributed by atoms with van der Waals surface area (Å²) in [7, 11) is 0. The average molecular weight is 1870 g/mol. The third-order valence-corrected chi connectivity index (χ3v) is 41.9. The van der Waals surface area contributed by atoms with Crippen LogP contribution in [0.2, 0.25) is 0 Å². The minimum atomic E-state index is -0.617. The number of nitrogens with zero attached hydrogens (tertiary/aromatic N) is 2. The predicted octanol–water partition coefficient (Wildman–Crippen LogP) is 37.3. The van der Waals surface area contributed by atoms with Gasteiger partial charge in [-0.25, -0.2) is 0 Å². The molecule has 2 nitrogen and oxygen atoms in total. The fourth-order valence-electron chi connectivity index (χ4n) is 36.5. The van der Waals surface area contributed by atoms with Crippen LogP contribution in [0.4, 0.5) is 34.1 Å². The van der Waals surface area contributed by atoms with Crippen molar-refractivity contribution in [3.05, 3.63) is 491 Å². The van der Waals surface area contributed by atoms with Crippen LogP contribution in [0.3, 0.4) is 0 Å². The van der Waals surface area contributed by atoms with Crippen LogP contribution in [0, 0.1) is 58.2 Å². The van der Waals surface area contributed by atoms with Crippen LogP contribution in [-0.2, 0) is 21.7 Å². The molecule has 11 atom stereocenters. The fraction of sp³-hybridized carbons (Fsp3) is 0.236. The van der Waals surface area contributed by atoms with E-state index in [4.69, 9.17) is 0 Å². The maximum absolute atomic E-state index is 2.73. The van der Waals surface area contributed by atoms with Gasteiger partial charge in [-0.05, 0) is 392 Å². The lowest BCUT2D eigenvalue weighted by Gasteiger charge is -2.92. The van der Waals surface area contributed by atoms with Crippen LogP contribution in [0.5, 0.6) is 0 Å². The van der Waals surface area contributed by atoms with Crippen LogP contribution in [-0.4, -0.2) is 0 Å². The van der Waals surface area contributed by atoms with E-state index in [-0.39, 0.29) is 10.8 Å². The molecule has 0 amide bonds. The molecule has 10 saturated carbocycles. The van der Waals surface area contributed by atoms with Crippen LogP contribution >= 0.6 is 0 Å². The van der Waals surface area contributed by atoms with E-state index in [2.05, 4.69) is 435 Å². The number of hydrogen-bond donors (Lipinski definition) is 0. The van der Waals surface area contributed by atoms with Gasteiger partial charge in [0.05, 0.1) is 28.2 Å². The largest absolute Gasteiger partial charge is 0.309 e. The average Bonchev–Trinajstić information content (AvgIpc) is 1.58. The van der Waals surface area contributed by atoms with Crippen molar-refractivity contribution in [1.29, 1.82) is 0 Å². The molecular formula is C144H116N2. The second-order valence-corrected chi connectivity index (χ2v) is 47.1. The molecule has 11 unspecified atom stereocenters. The maximum Gasteiger partial charge on any atom is 0.0714 e. The Labute approximate surface area is 858 Å². The lowest BCUT2D eigenvalue weighted by atomic mass is 9.11. The normalized spacial score (nSPS) is 25.8. The van der Waals surface area contributed by atoms with Gasteiger partial charge in [-0.3, -0.25) is 0 Å². The van der Waals surface area contributed by atoms with Gasteiger partial charge in [-0.15, -0.1) is 0 Å². The molecule has 0 N–H and O–H groups in total. The Kier molecular flexibility index (Phi) is 17.6. The van der Waals surface area contributed by atoms with Crippen molar-refractivity contribution in [3.8, 4) is 100 Å². The smallest absolute Gasteiger partial charge is 0.0714 e. The maximum atomic E-state index is 2.73. The summed E-state index contributed by atoms with van der Waals surface area (Å²) in [6, 6.07) is 166. The first kappa shape index (κ1) is 83.6. The molecule has 19 aromatic rings. The van der Waals surface area contributed by atoms with Crippen molar-refractivity contribution in [2.45, 2.75) is 150 Å². The second kappa shape index (κ2) is 30.7. The van der Waals surface area contributed by atoms with Crippen LogP contribution in [0.15, 0.2) is 419 Å². The molecule has 0 radical (unpaired) electrons. The van der Waals surface area contributed by atoms with E-state index in [9.17, 15) is 0 Å². The highest BCUT2D eigenvalue weighted by atomic mass is 15.2. The van der Waals surface area contributed by atoms with Gasteiger partial charge in [-0.1, -0.05) is 384 Å². The summed E-state index contributed by atoms with van der Waals surface area (Å²) in [6.45, 7) is 2.54. The molecule has 702 valence electrons. The summed E-state index contributed by atoms with van der Waals surface area (Å²) >= 11 is 0. The summed E-state index contributed by atoms with van der Waals surface area (Å²) in [5.41, 5.74) is 49.3. The van der Waals surface area contributed by atoms with Gasteiger partial charge >= 0.3 is 0 Å². The molecule has 2 heteroatoms. The van der Waals surface area contributed by atoms with Crippen LogP contribution in [0.25, 0.3) is 122 Å². The second-order valence-electron chi connectivity index (χ2n) is 47.1. The Morgan fingerprint density at radius 2 is 0.651 bits per heavy atom. The van der Waals surface area contributed by atoms with E-state index < -0.39 is 10.8 Å². The Hall–Kier alpha value is -14.7. The Bertz CT molecular complexity index is 8690. The highest BCUT2D eigenvalue weighted by Gasteiger charge is 2.91. The molecular weight excluding hydrogens is 1760 g/mol. The Balaban J connectivity index is 0.554. The van der Waals surface area contributed by atoms with E-state index in [0.717, 1.165) is 65.4 Å². The molecule has 14 aliphatic carbocycles. The van der Waals surface area contributed by atoms with Crippen LogP contribution < -0.4 is 9.80 Å². The Morgan fingerprint density at radius 1 is 0.233 bits per heavy atom. The van der Waals surface area contributed by atoms with Crippen LogP contribution in [0.1, 0.15) is 200 Å². The minimum absolute atomic E-state index is 0.0666. The zero-order valence-electron chi connectivity index (χ0n) is 83.0. The molecule has 0 heterocycles. The van der Waals surface area contributed by atoms with Crippen molar-refractivity contribution >= 4 is 55.7 Å². The predicted molar refractivity (Wildman–Crippen MR) is 602 cm³/mol. The van der Waals surface area contributed by atoms with Gasteiger partial charge in [0, 0.05) is 49.9 Å². The molecule has 146 heavy (non-hydrogen) atoms. The monoisotopic (exact) mass is 1870 g/mol. The van der Waals surface area contributed by atoms with Gasteiger partial charge in [0.25, 0.3) is 0 Å². The highest BCUT2D eigenvalue weighted by molar-refractivity contribution is 6.09. The minimum Gasteiger partial charge on any atom is -0.309 e. The zero-order valence-corrected chi connectivity index (χ0v) is 83.0. The number of rotatable bonds is 16. The van der Waals surface area contributed by atoms with Gasteiger partial charge in [0.1, 0.15) is 0 Å². The summed E-state index contributed by atoms with van der Waals surface area (Å²) in [5, 5.41) is 5.37. The topological polar surface area (TPSA) is 6.48 Å². The first-order chi connectivity index (χ1) is 72.2. The summed E-state index contributed by atoms with van der Waals surface area (Å²) in [4.78, 5) is 5.41. The molecule has 0 saturated heterocycles. The SMILES string of the molecule is CC1(c2ccccc2)c2ccc(-c3cc(C4CCCCC4)c4c(-c5ccccc5N(c5ccc6c(c5)C(c5ccccc5)(c5ccccc5)c5ccccc5-6)c5ccccc5-c5ccc6c(c5)C5(c7ccccc7-6)C6CC7CC8CC5C786)cccc4c3)cc2-c2ccc(N(c3ccccc3-c3ccc4c(c3)C3(c5ccccc5-4)C4CC5CC6CC3C64C5)c3ccccc3-c3cccc4cccc(C5CCCCC5)c34)cc21. The van der Waals surface area contributed by atoms with E-state index in [1.165, 1.54) is 285 Å². The lowest BCUT2D eigenvalue weighted by Crippen LogP contribution is -2.88. The molecule has 0 aromatic heterocycles. The molecule has 10 fully saturated rings. The van der Waals surface area contributed by atoms with Crippen molar-refractivity contribution in [2.24, 2.45) is 58.2 Å². The summed E-state index contributed by atoms with van der Waals surface area (Å²) < 4.78 is 0. The van der Waals surface area contributed by atoms with E-state index in [0.29, 0.717) is 34.5 Å². The van der Waals surface area contributed by atoms with Gasteiger partial charge < -0.3 is 9.80 Å². The summed E-state index contributed by atoms with van der Waals surface area (Å²) in [6.07, 6.45) is 22.2. The van der Waals surface area contributed by atoms with Crippen molar-refractivity contribution in [3.63, 3.8) is 0 Å². The van der Waals surface area contributed by atoms with Crippen molar-refractivity contribution in [2.75, 3.05) is 9.80 Å². The zero-order chi connectivity index (χ0) is 95.4. The highest BCUT2D eigenvalue weighted by Crippen LogP contribution is 2.95. The van der Waals surface area contributed by atoms with Gasteiger partial charge in [0.2, 0.25) is 0 Å². The van der Waals surface area contributed by atoms with Crippen molar-refractivity contribution < 1.29 is 0 Å². The number of anilines is 6. The van der Waals surface area contributed by atoms with Gasteiger partial charge in [0.15, 0.2) is 0 Å². The Morgan fingerprint density at radius 3 is 1.21 bits per heavy atom. The molecule has 0 aliphatic heterocycles. The number of benzene rings is 19. The molecule has 14 aliphatic rings. The number of fused-ring (bicyclic) bond motifs is 23. The standard InChI is InChI=1S/C144H116N2/c1-139(97-41-11-4-12-42-97)121-73-66-92(77-120(121)114-72-68-103(85-125(114)139)145(131-62-29-22-52-115(131)117-55-32-39-91-38-31-54-107(137(91)117)89-34-7-2-8-35-89)129-60-27-20-47-105(129)93-64-69-111-109-50-18-25-58-123(109)143(126(111)79-93)133-75-88-74-100-82-134(143)140(100,133)87-88)96-76-95-40-33-56-118(138(95)119(78-96)90-36-9-3-10-37-90)116-53-23-30-63-132(116)146(104-67-71-113-108-49-17-24-57-122(108)141(128(113)86-104,98-43-13-5-14-44-98)99-45-15-6-16-46-99)130-61-28-21-48-106(130)94-65-70-112-110-51-19-26-59-124(110)144(127(112)80-94)135-83-101-81-102-84-136(144)142(101,102)135/h4-6,11-33,38-73,76-80,85-86,88-90,100-102,133-136H,2-3,7-10,34-37,74-75,81-84,87H2,1H3. The third-order valence-electron chi connectivity index (χ3n) is 41.9. The quantitative estimate of drug-likeness (QED) is 0.0951. The lowest BCUT2D eigenvalue weighted by molar-refractivity contribution is -0.412. The molecule has 19 aromatic carbocycles. The first-order valence-electron chi connectivity index (χ1n) is 55.5. The first-order valence-corrected chi connectivity index (χ1v) is 55.5. The third kappa shape index (κ3) is 10.7. The summed E-state index contributed by atoms with van der Waals surface area (Å²) in [5.74, 6) is 7.40. The van der Waals surface area contributed by atoms with Crippen molar-refractivity contribution in [1.82, 2.24) is 0 Å². The molecule has 33 rings (SSSR count). The molecule has 4 spiro atoms. The molecule has 2 bridgehead atoms. The van der Waals surface area contributed by atoms with E-state index in [1.54, 1.807) is 22.3 Å². The van der Waals surface area contributed by atoms with E-state index in [1.807, 2.05) is 0 Å².